The second-order valence-electron chi connectivity index (χ2n) is 4.83. The number of carbonyl (C=O) groups excluding carboxylic acids is 2. The summed E-state index contributed by atoms with van der Waals surface area (Å²) in [6, 6.07) is 14.7. The topological polar surface area (TPSA) is 58.2 Å². The fourth-order valence-electron chi connectivity index (χ4n) is 1.97. The molecule has 2 amide bonds. The Bertz CT molecular complexity index is 669. The Labute approximate surface area is 138 Å². The van der Waals surface area contributed by atoms with Gasteiger partial charge in [-0.05, 0) is 42.3 Å². The van der Waals surface area contributed by atoms with Crippen LogP contribution in [-0.2, 0) is 11.2 Å². The van der Waals surface area contributed by atoms with Crippen molar-refractivity contribution in [3.8, 4) is 0 Å². The molecule has 114 valence electrons. The Balaban J connectivity index is 1.96. The van der Waals surface area contributed by atoms with Gasteiger partial charge >= 0.3 is 0 Å². The monoisotopic (exact) mass is 360 g/mol. The van der Waals surface area contributed by atoms with Gasteiger partial charge in [0.15, 0.2) is 0 Å². The maximum atomic E-state index is 12.1. The van der Waals surface area contributed by atoms with Crippen LogP contribution in [0.25, 0.3) is 0 Å². The Morgan fingerprint density at radius 1 is 1.09 bits per heavy atom. The summed E-state index contributed by atoms with van der Waals surface area (Å²) in [5, 5.41) is 5.45. The molecule has 0 spiro atoms. The third-order valence-electron chi connectivity index (χ3n) is 3.22. The van der Waals surface area contributed by atoms with Crippen molar-refractivity contribution in [3.05, 3.63) is 64.1 Å². The van der Waals surface area contributed by atoms with Crippen LogP contribution in [0.5, 0.6) is 0 Å². The van der Waals surface area contributed by atoms with Crippen molar-refractivity contribution < 1.29 is 9.59 Å². The van der Waals surface area contributed by atoms with Crippen LogP contribution in [0.2, 0.25) is 0 Å². The zero-order valence-corrected chi connectivity index (χ0v) is 13.8. The standard InChI is InChI=1S/C17H17BrN2O2/c1-19-16(21)10-7-12-5-8-15(9-6-12)20-17(22)13-3-2-4-14(18)11-13/h2-6,8-9,11H,7,10H2,1H3,(H,19,21)(H,20,22). The number of benzene rings is 2. The molecular weight excluding hydrogens is 344 g/mol. The van der Waals surface area contributed by atoms with E-state index >= 15 is 0 Å². The van der Waals surface area contributed by atoms with Crippen molar-refractivity contribution >= 4 is 33.4 Å². The molecule has 2 aromatic rings. The first-order valence-corrected chi connectivity index (χ1v) is 7.74. The normalized spacial score (nSPS) is 10.1. The first kappa shape index (κ1) is 16.2. The molecule has 0 aliphatic carbocycles. The Morgan fingerprint density at radius 2 is 1.82 bits per heavy atom. The van der Waals surface area contributed by atoms with E-state index in [9.17, 15) is 9.59 Å². The van der Waals surface area contributed by atoms with E-state index in [1.54, 1.807) is 19.2 Å². The van der Waals surface area contributed by atoms with Gasteiger partial charge in [0.2, 0.25) is 5.91 Å². The predicted molar refractivity (Wildman–Crippen MR) is 90.9 cm³/mol. The lowest BCUT2D eigenvalue weighted by atomic mass is 10.1. The van der Waals surface area contributed by atoms with Gasteiger partial charge in [0.05, 0.1) is 0 Å². The fraction of sp³-hybridized carbons (Fsp3) is 0.176. The second kappa shape index (κ2) is 7.75. The third-order valence-corrected chi connectivity index (χ3v) is 3.71. The lowest BCUT2D eigenvalue weighted by Gasteiger charge is -2.07. The Hall–Kier alpha value is -2.14. The van der Waals surface area contributed by atoms with Crippen LogP contribution in [0.15, 0.2) is 53.0 Å². The first-order valence-electron chi connectivity index (χ1n) is 6.95. The molecule has 0 aliphatic rings. The predicted octanol–water partition coefficient (Wildman–Crippen LogP) is 3.38. The van der Waals surface area contributed by atoms with E-state index in [0.717, 1.165) is 15.7 Å². The first-order chi connectivity index (χ1) is 10.6. The largest absolute Gasteiger partial charge is 0.359 e. The number of hydrogen-bond acceptors (Lipinski definition) is 2. The number of rotatable bonds is 5. The van der Waals surface area contributed by atoms with Gasteiger partial charge < -0.3 is 10.6 Å². The average molecular weight is 361 g/mol. The summed E-state index contributed by atoms with van der Waals surface area (Å²) < 4.78 is 0.865. The van der Waals surface area contributed by atoms with E-state index in [1.165, 1.54) is 0 Å². The summed E-state index contributed by atoms with van der Waals surface area (Å²) in [6.07, 6.45) is 1.14. The van der Waals surface area contributed by atoms with E-state index in [-0.39, 0.29) is 11.8 Å². The van der Waals surface area contributed by atoms with Crippen molar-refractivity contribution in [1.82, 2.24) is 5.32 Å². The number of nitrogens with one attached hydrogen (secondary N) is 2. The second-order valence-corrected chi connectivity index (χ2v) is 5.75. The van der Waals surface area contributed by atoms with Crippen molar-refractivity contribution in [1.29, 1.82) is 0 Å². The summed E-state index contributed by atoms with van der Waals surface area (Å²) in [7, 11) is 1.63. The number of carbonyl (C=O) groups is 2. The number of amides is 2. The van der Waals surface area contributed by atoms with Gasteiger partial charge in [0.25, 0.3) is 5.91 Å². The summed E-state index contributed by atoms with van der Waals surface area (Å²) in [4.78, 5) is 23.3. The minimum absolute atomic E-state index is 0.0204. The van der Waals surface area contributed by atoms with Gasteiger partial charge in [-0.2, -0.15) is 0 Å². The maximum absolute atomic E-state index is 12.1. The van der Waals surface area contributed by atoms with Crippen LogP contribution in [0, 0.1) is 0 Å². The highest BCUT2D eigenvalue weighted by molar-refractivity contribution is 9.10. The molecule has 0 saturated carbocycles. The molecule has 0 saturated heterocycles. The van der Waals surface area contributed by atoms with Crippen LogP contribution in [-0.4, -0.2) is 18.9 Å². The molecule has 0 fully saturated rings. The van der Waals surface area contributed by atoms with E-state index in [1.807, 2.05) is 36.4 Å². The molecule has 0 aliphatic heterocycles. The van der Waals surface area contributed by atoms with Crippen LogP contribution >= 0.6 is 15.9 Å². The lowest BCUT2D eigenvalue weighted by Crippen LogP contribution is -2.17. The van der Waals surface area contributed by atoms with Crippen molar-refractivity contribution in [2.75, 3.05) is 12.4 Å². The van der Waals surface area contributed by atoms with Gasteiger partial charge in [-0.25, -0.2) is 0 Å². The highest BCUT2D eigenvalue weighted by Crippen LogP contribution is 2.15. The highest BCUT2D eigenvalue weighted by atomic mass is 79.9. The van der Waals surface area contributed by atoms with Crippen LogP contribution < -0.4 is 10.6 Å². The third kappa shape index (κ3) is 4.70. The molecule has 0 heterocycles. The summed E-state index contributed by atoms with van der Waals surface area (Å²) >= 11 is 3.35. The van der Waals surface area contributed by atoms with Crippen molar-refractivity contribution in [3.63, 3.8) is 0 Å². The van der Waals surface area contributed by atoms with Gasteiger partial charge in [-0.1, -0.05) is 34.1 Å². The van der Waals surface area contributed by atoms with E-state index in [2.05, 4.69) is 26.6 Å². The van der Waals surface area contributed by atoms with Gasteiger partial charge in [-0.15, -0.1) is 0 Å². The van der Waals surface area contributed by atoms with Crippen molar-refractivity contribution in [2.24, 2.45) is 0 Å². The molecule has 5 heteroatoms. The van der Waals surface area contributed by atoms with E-state index < -0.39 is 0 Å². The summed E-state index contributed by atoms with van der Waals surface area (Å²) in [5.41, 5.74) is 2.38. The van der Waals surface area contributed by atoms with Crippen LogP contribution in [0.4, 0.5) is 5.69 Å². The average Bonchev–Trinajstić information content (AvgIpc) is 2.53. The molecular formula is C17H17BrN2O2. The van der Waals surface area contributed by atoms with Crippen molar-refractivity contribution in [2.45, 2.75) is 12.8 Å². The zero-order chi connectivity index (χ0) is 15.9. The Morgan fingerprint density at radius 3 is 2.45 bits per heavy atom. The molecule has 0 aromatic heterocycles. The minimum Gasteiger partial charge on any atom is -0.359 e. The molecule has 22 heavy (non-hydrogen) atoms. The van der Waals surface area contributed by atoms with Crippen LogP contribution in [0.3, 0.4) is 0 Å². The molecule has 0 bridgehead atoms. The quantitative estimate of drug-likeness (QED) is 0.858. The number of hydrogen-bond donors (Lipinski definition) is 2. The molecule has 2 N–H and O–H groups in total. The summed E-state index contributed by atoms with van der Waals surface area (Å²) in [5.74, 6) is -0.133. The molecule has 4 nitrogen and oxygen atoms in total. The Kier molecular flexibility index (Phi) is 5.72. The number of halogens is 1. The summed E-state index contributed by atoms with van der Waals surface area (Å²) in [6.45, 7) is 0. The smallest absolute Gasteiger partial charge is 0.255 e. The van der Waals surface area contributed by atoms with Crippen LogP contribution in [0.1, 0.15) is 22.3 Å². The fourth-order valence-corrected chi connectivity index (χ4v) is 2.37. The minimum atomic E-state index is -0.153. The highest BCUT2D eigenvalue weighted by Gasteiger charge is 2.06. The van der Waals surface area contributed by atoms with Gasteiger partial charge in [-0.3, -0.25) is 9.59 Å². The zero-order valence-electron chi connectivity index (χ0n) is 12.2. The molecule has 2 rings (SSSR count). The molecule has 0 radical (unpaired) electrons. The molecule has 2 aromatic carbocycles. The molecule has 0 unspecified atom stereocenters. The van der Waals surface area contributed by atoms with E-state index in [4.69, 9.17) is 0 Å². The number of anilines is 1. The SMILES string of the molecule is CNC(=O)CCc1ccc(NC(=O)c2cccc(Br)c2)cc1. The van der Waals surface area contributed by atoms with Gasteiger partial charge in [0.1, 0.15) is 0 Å². The molecule has 0 atom stereocenters. The van der Waals surface area contributed by atoms with Gasteiger partial charge in [0, 0.05) is 29.2 Å². The maximum Gasteiger partial charge on any atom is 0.255 e. The van der Waals surface area contributed by atoms with E-state index in [0.29, 0.717) is 18.4 Å². The lowest BCUT2D eigenvalue weighted by molar-refractivity contribution is -0.120. The number of aryl methyl sites for hydroxylation is 1.